The first-order valence-electron chi connectivity index (χ1n) is 6.28. The average molecular weight is 292 g/mol. The van der Waals surface area contributed by atoms with Crippen LogP contribution >= 0.6 is 0 Å². The van der Waals surface area contributed by atoms with Crippen LogP contribution in [0.3, 0.4) is 0 Å². The fraction of sp³-hybridized carbons (Fsp3) is 0.133. The Balaban J connectivity index is 2.02. The van der Waals surface area contributed by atoms with Gasteiger partial charge in [-0.1, -0.05) is 18.2 Å². The van der Waals surface area contributed by atoms with Crippen LogP contribution in [0.4, 0.5) is 18.9 Å². The van der Waals surface area contributed by atoms with Crippen molar-refractivity contribution < 1.29 is 18.0 Å². The van der Waals surface area contributed by atoms with Crippen LogP contribution in [-0.4, -0.2) is 5.91 Å². The number of anilines is 1. The summed E-state index contributed by atoms with van der Waals surface area (Å²) in [6.45, 7) is -0.202. The van der Waals surface area contributed by atoms with Crippen molar-refractivity contribution in [2.75, 3.05) is 4.90 Å². The van der Waals surface area contributed by atoms with E-state index in [2.05, 4.69) is 0 Å². The molecular weight excluding hydrogens is 281 g/mol. The molecule has 0 saturated heterocycles. The lowest BCUT2D eigenvalue weighted by Crippen LogP contribution is -2.31. The molecule has 2 N–H and O–H groups in total. The highest BCUT2D eigenvalue weighted by atomic mass is 19.2. The van der Waals surface area contributed by atoms with Crippen molar-refractivity contribution in [1.29, 1.82) is 0 Å². The first kappa shape index (κ1) is 13.6. The molecule has 21 heavy (non-hydrogen) atoms. The molecule has 1 heterocycles. The molecule has 1 amide bonds. The Morgan fingerprint density at radius 1 is 1.14 bits per heavy atom. The van der Waals surface area contributed by atoms with Gasteiger partial charge in [0.2, 0.25) is 5.91 Å². The molecule has 1 unspecified atom stereocenters. The Labute approximate surface area is 118 Å². The summed E-state index contributed by atoms with van der Waals surface area (Å²) in [4.78, 5) is 13.3. The number of carbonyl (C=O) groups excluding carboxylic acids is 1. The summed E-state index contributed by atoms with van der Waals surface area (Å²) >= 11 is 0. The summed E-state index contributed by atoms with van der Waals surface area (Å²) in [6, 6.07) is 6.58. The molecule has 3 rings (SSSR count). The Kier molecular flexibility index (Phi) is 3.17. The van der Waals surface area contributed by atoms with Gasteiger partial charge in [0.25, 0.3) is 0 Å². The van der Waals surface area contributed by atoms with Gasteiger partial charge in [0.1, 0.15) is 11.9 Å². The number of nitrogens with two attached hydrogens (primary N) is 1. The van der Waals surface area contributed by atoms with Gasteiger partial charge >= 0.3 is 0 Å². The van der Waals surface area contributed by atoms with E-state index < -0.39 is 29.4 Å². The van der Waals surface area contributed by atoms with Crippen LogP contribution in [0.5, 0.6) is 0 Å². The second kappa shape index (κ2) is 4.89. The molecule has 6 heteroatoms. The van der Waals surface area contributed by atoms with Gasteiger partial charge in [-0.2, -0.15) is 0 Å². The van der Waals surface area contributed by atoms with Crippen LogP contribution in [-0.2, 0) is 11.3 Å². The molecule has 0 radical (unpaired) electrons. The minimum atomic E-state index is -1.02. The Bertz CT molecular complexity index is 733. The summed E-state index contributed by atoms with van der Waals surface area (Å²) in [6.07, 6.45) is 0. The first-order chi connectivity index (χ1) is 9.99. The van der Waals surface area contributed by atoms with Gasteiger partial charge < -0.3 is 10.6 Å². The molecule has 0 fully saturated rings. The summed E-state index contributed by atoms with van der Waals surface area (Å²) in [5.74, 6) is -3.02. The lowest BCUT2D eigenvalue weighted by molar-refractivity contribution is -0.119. The Hall–Kier alpha value is -2.34. The number of carbonyl (C=O) groups is 1. The molecule has 108 valence electrons. The summed E-state index contributed by atoms with van der Waals surface area (Å²) in [5.41, 5.74) is 6.54. The standard InChI is InChI=1S/C15H11F3N2O/c16-9-4-5-10-12(6-9)20(15(21)14(10)19)7-8-2-1-3-11(17)13(8)18/h1-6,14H,7,19H2. The minimum Gasteiger partial charge on any atom is -0.316 e. The first-order valence-corrected chi connectivity index (χ1v) is 6.28. The van der Waals surface area contributed by atoms with Crippen molar-refractivity contribution in [3.8, 4) is 0 Å². The highest BCUT2D eigenvalue weighted by Gasteiger charge is 2.35. The highest BCUT2D eigenvalue weighted by molar-refractivity contribution is 6.04. The third kappa shape index (κ3) is 2.17. The van der Waals surface area contributed by atoms with E-state index in [9.17, 15) is 18.0 Å². The smallest absolute Gasteiger partial charge is 0.248 e. The third-order valence-corrected chi connectivity index (χ3v) is 3.51. The zero-order valence-electron chi connectivity index (χ0n) is 10.8. The van der Waals surface area contributed by atoms with E-state index >= 15 is 0 Å². The molecule has 2 aromatic carbocycles. The van der Waals surface area contributed by atoms with Gasteiger partial charge in [-0.15, -0.1) is 0 Å². The number of rotatable bonds is 2. The van der Waals surface area contributed by atoms with Crippen molar-refractivity contribution in [3.05, 3.63) is 65.0 Å². The van der Waals surface area contributed by atoms with E-state index in [1.807, 2.05) is 0 Å². The minimum absolute atomic E-state index is 0.00709. The number of hydrogen-bond acceptors (Lipinski definition) is 2. The van der Waals surface area contributed by atoms with Crippen LogP contribution in [0, 0.1) is 17.5 Å². The zero-order valence-corrected chi connectivity index (χ0v) is 10.8. The van der Waals surface area contributed by atoms with Gasteiger partial charge in [0.15, 0.2) is 11.6 Å². The summed E-state index contributed by atoms with van der Waals surface area (Å²) in [7, 11) is 0. The van der Waals surface area contributed by atoms with Crippen molar-refractivity contribution in [3.63, 3.8) is 0 Å². The number of hydrogen-bond donors (Lipinski definition) is 1. The van der Waals surface area contributed by atoms with E-state index in [1.165, 1.54) is 29.2 Å². The molecular formula is C15H11F3N2O. The number of amides is 1. The van der Waals surface area contributed by atoms with E-state index in [4.69, 9.17) is 5.73 Å². The highest BCUT2D eigenvalue weighted by Crippen LogP contribution is 2.36. The molecule has 0 aliphatic carbocycles. The van der Waals surface area contributed by atoms with Crippen molar-refractivity contribution in [2.24, 2.45) is 5.73 Å². The molecule has 0 bridgehead atoms. The van der Waals surface area contributed by atoms with Gasteiger partial charge in [0.05, 0.1) is 12.2 Å². The topological polar surface area (TPSA) is 46.3 Å². The zero-order chi connectivity index (χ0) is 15.1. The predicted molar refractivity (Wildman–Crippen MR) is 70.9 cm³/mol. The molecule has 2 aromatic rings. The molecule has 3 nitrogen and oxygen atoms in total. The van der Waals surface area contributed by atoms with Crippen molar-refractivity contribution >= 4 is 11.6 Å². The summed E-state index contributed by atoms with van der Waals surface area (Å²) in [5, 5.41) is 0. The van der Waals surface area contributed by atoms with Crippen LogP contribution in [0.15, 0.2) is 36.4 Å². The predicted octanol–water partition coefficient (Wildman–Crippen LogP) is 2.65. The van der Waals surface area contributed by atoms with E-state index in [0.29, 0.717) is 5.56 Å². The average Bonchev–Trinajstić information content (AvgIpc) is 2.68. The Morgan fingerprint density at radius 3 is 2.67 bits per heavy atom. The van der Waals surface area contributed by atoms with Gasteiger partial charge in [-0.3, -0.25) is 4.79 Å². The lowest BCUT2D eigenvalue weighted by atomic mass is 10.1. The van der Waals surface area contributed by atoms with Gasteiger partial charge in [-0.05, 0) is 18.2 Å². The lowest BCUT2D eigenvalue weighted by Gasteiger charge is -2.18. The Morgan fingerprint density at radius 2 is 1.90 bits per heavy atom. The van der Waals surface area contributed by atoms with E-state index in [1.54, 1.807) is 0 Å². The maximum absolute atomic E-state index is 13.7. The normalized spacial score (nSPS) is 17.2. The van der Waals surface area contributed by atoms with Crippen LogP contribution in [0.2, 0.25) is 0 Å². The number of halogens is 3. The maximum Gasteiger partial charge on any atom is 0.248 e. The third-order valence-electron chi connectivity index (χ3n) is 3.51. The number of benzene rings is 2. The fourth-order valence-corrected chi connectivity index (χ4v) is 2.44. The van der Waals surface area contributed by atoms with Gasteiger partial charge in [0, 0.05) is 11.1 Å². The summed E-state index contributed by atoms with van der Waals surface area (Å²) < 4.78 is 40.3. The van der Waals surface area contributed by atoms with E-state index in [-0.39, 0.29) is 17.8 Å². The second-order valence-electron chi connectivity index (χ2n) is 4.82. The monoisotopic (exact) mass is 292 g/mol. The van der Waals surface area contributed by atoms with Gasteiger partial charge in [-0.25, -0.2) is 13.2 Å². The second-order valence-corrected chi connectivity index (χ2v) is 4.82. The number of fused-ring (bicyclic) bond motifs is 1. The largest absolute Gasteiger partial charge is 0.316 e. The fourth-order valence-electron chi connectivity index (χ4n) is 2.44. The molecule has 1 atom stereocenters. The van der Waals surface area contributed by atoms with E-state index in [0.717, 1.165) is 12.1 Å². The van der Waals surface area contributed by atoms with Crippen LogP contribution in [0.1, 0.15) is 17.2 Å². The van der Waals surface area contributed by atoms with Crippen LogP contribution < -0.4 is 10.6 Å². The van der Waals surface area contributed by atoms with Crippen LogP contribution in [0.25, 0.3) is 0 Å². The SMILES string of the molecule is NC1C(=O)N(Cc2cccc(F)c2F)c2cc(F)ccc21. The molecule has 1 aliphatic heterocycles. The molecule has 0 saturated carbocycles. The molecule has 1 aliphatic rings. The molecule has 0 aromatic heterocycles. The number of nitrogens with zero attached hydrogens (tertiary/aromatic N) is 1. The molecule has 0 spiro atoms. The quantitative estimate of drug-likeness (QED) is 0.925. The van der Waals surface area contributed by atoms with Crippen molar-refractivity contribution in [1.82, 2.24) is 0 Å². The van der Waals surface area contributed by atoms with Crippen molar-refractivity contribution in [2.45, 2.75) is 12.6 Å². The maximum atomic E-state index is 13.7.